The van der Waals surface area contributed by atoms with Crippen LogP contribution in [0.25, 0.3) is 0 Å². The number of aromatic nitrogens is 4. The molecule has 0 amide bonds. The third-order valence-electron chi connectivity index (χ3n) is 4.60. The van der Waals surface area contributed by atoms with Crippen molar-refractivity contribution in [2.24, 2.45) is 11.3 Å². The van der Waals surface area contributed by atoms with Crippen molar-refractivity contribution in [1.29, 1.82) is 0 Å². The van der Waals surface area contributed by atoms with E-state index in [9.17, 15) is 5.11 Å². The van der Waals surface area contributed by atoms with E-state index in [0.29, 0.717) is 12.0 Å². The summed E-state index contributed by atoms with van der Waals surface area (Å²) in [5.74, 6) is 1.31. The van der Waals surface area contributed by atoms with Crippen LogP contribution in [0.4, 0.5) is 0 Å². The van der Waals surface area contributed by atoms with E-state index in [1.54, 1.807) is 0 Å². The number of rotatable bonds is 3. The van der Waals surface area contributed by atoms with E-state index in [4.69, 9.17) is 0 Å². The topological polar surface area (TPSA) is 67.1 Å². The van der Waals surface area contributed by atoms with Gasteiger partial charge in [-0.05, 0) is 47.6 Å². The third-order valence-corrected chi connectivity index (χ3v) is 4.60. The summed E-state index contributed by atoms with van der Waals surface area (Å²) in [6.07, 6.45) is 3.16. The van der Waals surface area contributed by atoms with Crippen molar-refractivity contribution in [3.63, 3.8) is 0 Å². The van der Waals surface area contributed by atoms with Crippen molar-refractivity contribution in [3.8, 4) is 0 Å². The van der Waals surface area contributed by atoms with Crippen LogP contribution in [-0.4, -0.2) is 49.4 Å². The molecule has 2 atom stereocenters. The Labute approximate surface area is 120 Å². The molecule has 0 bridgehead atoms. The Bertz CT molecular complexity index is 462. The van der Waals surface area contributed by atoms with E-state index in [1.807, 2.05) is 4.68 Å². The summed E-state index contributed by atoms with van der Waals surface area (Å²) < 4.78 is 1.96. The van der Waals surface area contributed by atoms with Gasteiger partial charge in [-0.1, -0.05) is 20.8 Å². The van der Waals surface area contributed by atoms with Gasteiger partial charge in [0.2, 0.25) is 0 Å². The molecule has 2 heterocycles. The van der Waals surface area contributed by atoms with Crippen LogP contribution >= 0.6 is 0 Å². The zero-order valence-corrected chi connectivity index (χ0v) is 12.7. The predicted molar refractivity (Wildman–Crippen MR) is 74.9 cm³/mol. The van der Waals surface area contributed by atoms with Crippen molar-refractivity contribution < 1.29 is 5.11 Å². The summed E-state index contributed by atoms with van der Waals surface area (Å²) in [6, 6.07) is 0.511. The molecule has 20 heavy (non-hydrogen) atoms. The lowest BCUT2D eigenvalue weighted by Crippen LogP contribution is -2.47. The summed E-state index contributed by atoms with van der Waals surface area (Å²) in [5.41, 5.74) is 0.168. The Balaban J connectivity index is 1.61. The average Bonchev–Trinajstić information content (AvgIpc) is 3.09. The Kier molecular flexibility index (Phi) is 3.54. The highest BCUT2D eigenvalue weighted by Crippen LogP contribution is 2.36. The zero-order valence-electron chi connectivity index (χ0n) is 12.7. The highest BCUT2D eigenvalue weighted by molar-refractivity contribution is 4.93. The van der Waals surface area contributed by atoms with Gasteiger partial charge < -0.3 is 5.11 Å². The van der Waals surface area contributed by atoms with E-state index in [0.717, 1.165) is 31.9 Å². The van der Waals surface area contributed by atoms with E-state index in [2.05, 4.69) is 41.2 Å². The van der Waals surface area contributed by atoms with Crippen molar-refractivity contribution in [2.45, 2.75) is 58.7 Å². The monoisotopic (exact) mass is 279 g/mol. The number of likely N-dealkylation sites (tertiary alicyclic amines) is 1. The molecule has 1 saturated carbocycles. The van der Waals surface area contributed by atoms with Crippen molar-refractivity contribution in [1.82, 2.24) is 25.1 Å². The fourth-order valence-corrected chi connectivity index (χ4v) is 3.27. The van der Waals surface area contributed by atoms with E-state index in [1.165, 1.54) is 12.8 Å². The molecule has 1 aromatic rings. The fourth-order valence-electron chi connectivity index (χ4n) is 3.27. The van der Waals surface area contributed by atoms with Gasteiger partial charge in [0.25, 0.3) is 0 Å². The molecule has 2 aliphatic rings. The predicted octanol–water partition coefficient (Wildman–Crippen LogP) is 1.24. The number of hydrogen-bond donors (Lipinski definition) is 1. The number of hydrogen-bond acceptors (Lipinski definition) is 5. The second-order valence-electron chi connectivity index (χ2n) is 7.33. The summed E-state index contributed by atoms with van der Waals surface area (Å²) in [5, 5.41) is 22.4. The maximum atomic E-state index is 10.4. The van der Waals surface area contributed by atoms with Crippen LogP contribution in [0.3, 0.4) is 0 Å². The fraction of sp³-hybridized carbons (Fsp3) is 0.929. The van der Waals surface area contributed by atoms with E-state index >= 15 is 0 Å². The normalized spacial score (nSPS) is 28.8. The van der Waals surface area contributed by atoms with Crippen LogP contribution in [0.15, 0.2) is 0 Å². The molecule has 1 aliphatic heterocycles. The van der Waals surface area contributed by atoms with Gasteiger partial charge in [-0.25, -0.2) is 4.68 Å². The first-order valence-corrected chi connectivity index (χ1v) is 7.62. The van der Waals surface area contributed by atoms with Gasteiger partial charge in [0.05, 0.1) is 18.7 Å². The first kappa shape index (κ1) is 13.9. The SMILES string of the molecule is CC(C)(C)[C@@H]1CCN(Cc2nnnn2C2CC2)C[C@@H]1O. The van der Waals surface area contributed by atoms with Crippen LogP contribution in [0, 0.1) is 11.3 Å². The molecule has 6 heteroatoms. The smallest absolute Gasteiger partial charge is 0.165 e. The molecule has 0 radical (unpaired) electrons. The summed E-state index contributed by atoms with van der Waals surface area (Å²) in [7, 11) is 0. The Morgan fingerprint density at radius 2 is 2.00 bits per heavy atom. The van der Waals surface area contributed by atoms with Crippen LogP contribution in [0.1, 0.15) is 51.9 Å². The van der Waals surface area contributed by atoms with Crippen molar-refractivity contribution >= 4 is 0 Å². The average molecular weight is 279 g/mol. The molecule has 1 saturated heterocycles. The summed E-state index contributed by atoms with van der Waals surface area (Å²) in [6.45, 7) is 9.12. The number of β-amino-alcohol motifs (C(OH)–C–C–N with tert-alkyl or cyclic N) is 1. The van der Waals surface area contributed by atoms with Crippen LogP contribution in [0.2, 0.25) is 0 Å². The van der Waals surface area contributed by atoms with Crippen LogP contribution in [-0.2, 0) is 6.54 Å². The lowest BCUT2D eigenvalue weighted by atomic mass is 9.74. The molecule has 0 aromatic carbocycles. The first-order chi connectivity index (χ1) is 9.45. The number of nitrogens with zero attached hydrogens (tertiary/aromatic N) is 5. The van der Waals surface area contributed by atoms with Gasteiger partial charge in [-0.2, -0.15) is 0 Å². The second-order valence-corrected chi connectivity index (χ2v) is 7.33. The minimum absolute atomic E-state index is 0.168. The van der Waals surface area contributed by atoms with Gasteiger partial charge in [-0.3, -0.25) is 4.90 Å². The van der Waals surface area contributed by atoms with E-state index < -0.39 is 0 Å². The van der Waals surface area contributed by atoms with Crippen LogP contribution < -0.4 is 0 Å². The highest BCUT2D eigenvalue weighted by atomic mass is 16.3. The standard InChI is InChI=1S/C14H25N5O/c1-14(2,3)11-6-7-18(8-12(11)20)9-13-15-16-17-19(13)10-4-5-10/h10-12,20H,4-9H2,1-3H3/t11-,12+/m1/s1. The van der Waals surface area contributed by atoms with Gasteiger partial charge in [0.1, 0.15) is 0 Å². The number of aliphatic hydroxyl groups is 1. The molecule has 0 spiro atoms. The Hall–Kier alpha value is -1.01. The molecule has 3 rings (SSSR count). The van der Waals surface area contributed by atoms with Gasteiger partial charge in [-0.15, -0.1) is 5.10 Å². The molecule has 112 valence electrons. The molecular weight excluding hydrogens is 254 g/mol. The molecule has 1 aromatic heterocycles. The molecular formula is C14H25N5O. The third kappa shape index (κ3) is 2.86. The lowest BCUT2D eigenvalue weighted by molar-refractivity contribution is -0.0274. The Morgan fingerprint density at radius 3 is 2.60 bits per heavy atom. The van der Waals surface area contributed by atoms with Gasteiger partial charge in [0, 0.05) is 6.54 Å². The maximum Gasteiger partial charge on any atom is 0.165 e. The molecule has 0 unspecified atom stereocenters. The molecule has 2 fully saturated rings. The van der Waals surface area contributed by atoms with Crippen LogP contribution in [0.5, 0.6) is 0 Å². The minimum atomic E-state index is -0.256. The maximum absolute atomic E-state index is 10.4. The van der Waals surface area contributed by atoms with Crippen molar-refractivity contribution in [2.75, 3.05) is 13.1 Å². The quantitative estimate of drug-likeness (QED) is 0.901. The first-order valence-electron chi connectivity index (χ1n) is 7.62. The molecule has 6 nitrogen and oxygen atoms in total. The summed E-state index contributed by atoms with van der Waals surface area (Å²) in [4.78, 5) is 2.28. The largest absolute Gasteiger partial charge is 0.391 e. The Morgan fingerprint density at radius 1 is 1.25 bits per heavy atom. The number of tetrazole rings is 1. The molecule has 1 N–H and O–H groups in total. The van der Waals surface area contributed by atoms with E-state index in [-0.39, 0.29) is 11.5 Å². The zero-order chi connectivity index (χ0) is 14.3. The highest BCUT2D eigenvalue weighted by Gasteiger charge is 2.36. The van der Waals surface area contributed by atoms with Gasteiger partial charge in [0.15, 0.2) is 5.82 Å². The van der Waals surface area contributed by atoms with Crippen molar-refractivity contribution in [3.05, 3.63) is 5.82 Å². The summed E-state index contributed by atoms with van der Waals surface area (Å²) >= 11 is 0. The minimum Gasteiger partial charge on any atom is -0.391 e. The number of piperidine rings is 1. The van der Waals surface area contributed by atoms with Gasteiger partial charge >= 0.3 is 0 Å². The second kappa shape index (κ2) is 5.07. The number of aliphatic hydroxyl groups excluding tert-OH is 1. The lowest BCUT2D eigenvalue weighted by Gasteiger charge is -2.42. The molecule has 1 aliphatic carbocycles.